The van der Waals surface area contributed by atoms with Crippen LogP contribution in [0, 0.1) is 6.92 Å². The van der Waals surface area contributed by atoms with Crippen molar-refractivity contribution in [2.75, 3.05) is 10.6 Å². The number of nitrogens with zero attached hydrogens (tertiary/aromatic N) is 4. The van der Waals surface area contributed by atoms with Crippen LogP contribution in [0.3, 0.4) is 0 Å². The number of thiocarbonyl (C=S) groups is 1. The Morgan fingerprint density at radius 2 is 1.81 bits per heavy atom. The second-order valence-electron chi connectivity index (χ2n) is 7.20. The Kier molecular flexibility index (Phi) is 7.01. The fraction of sp³-hybridized carbons (Fsp3) is 0.136. The van der Waals surface area contributed by atoms with Gasteiger partial charge in [0.25, 0.3) is 0 Å². The molecule has 164 valence electrons. The van der Waals surface area contributed by atoms with Gasteiger partial charge in [0, 0.05) is 33.0 Å². The highest BCUT2D eigenvalue weighted by atomic mass is 35.5. The van der Waals surface area contributed by atoms with Crippen LogP contribution in [0.4, 0.5) is 11.5 Å². The summed E-state index contributed by atoms with van der Waals surface area (Å²) in [4.78, 5) is 0. The molecule has 32 heavy (non-hydrogen) atoms. The lowest BCUT2D eigenvalue weighted by molar-refractivity contribution is 0.668. The molecule has 0 saturated heterocycles. The van der Waals surface area contributed by atoms with E-state index in [9.17, 15) is 0 Å². The summed E-state index contributed by atoms with van der Waals surface area (Å²) in [6.07, 6.45) is 3.59. The summed E-state index contributed by atoms with van der Waals surface area (Å²) < 4.78 is 3.66. The Hall–Kier alpha value is -2.58. The van der Waals surface area contributed by atoms with E-state index in [0.29, 0.717) is 39.1 Å². The number of halogens is 3. The van der Waals surface area contributed by atoms with Gasteiger partial charge in [0.2, 0.25) is 0 Å². The van der Waals surface area contributed by atoms with Crippen LogP contribution in [0.25, 0.3) is 0 Å². The molecule has 2 aromatic carbocycles. The first-order valence-corrected chi connectivity index (χ1v) is 11.2. The maximum atomic E-state index is 6.29. The van der Waals surface area contributed by atoms with Crippen molar-refractivity contribution in [3.8, 4) is 0 Å². The van der Waals surface area contributed by atoms with Gasteiger partial charge in [-0.3, -0.25) is 9.36 Å². The molecule has 0 saturated carbocycles. The summed E-state index contributed by atoms with van der Waals surface area (Å²) in [6, 6.07) is 15.0. The molecular weight excluding hydrogens is 487 g/mol. The highest BCUT2D eigenvalue weighted by molar-refractivity contribution is 7.80. The van der Waals surface area contributed by atoms with E-state index in [-0.39, 0.29) is 0 Å². The van der Waals surface area contributed by atoms with Crippen molar-refractivity contribution < 1.29 is 0 Å². The molecule has 2 N–H and O–H groups in total. The van der Waals surface area contributed by atoms with Crippen molar-refractivity contribution in [2.45, 2.75) is 20.0 Å². The molecule has 0 aliphatic carbocycles. The second kappa shape index (κ2) is 9.92. The average Bonchev–Trinajstić information content (AvgIpc) is 3.29. The molecule has 2 aromatic heterocycles. The molecule has 4 rings (SSSR count). The normalized spacial score (nSPS) is 10.9. The topological polar surface area (TPSA) is 59.7 Å². The van der Waals surface area contributed by atoms with E-state index >= 15 is 0 Å². The van der Waals surface area contributed by atoms with Crippen molar-refractivity contribution in [1.29, 1.82) is 0 Å². The smallest absolute Gasteiger partial charge is 0.176 e. The first kappa shape index (κ1) is 22.6. The number of aromatic nitrogens is 4. The predicted molar refractivity (Wildman–Crippen MR) is 135 cm³/mol. The number of nitrogens with one attached hydrogen (secondary N) is 2. The van der Waals surface area contributed by atoms with Gasteiger partial charge in [0.05, 0.1) is 25.0 Å². The van der Waals surface area contributed by atoms with Gasteiger partial charge in [-0.15, -0.1) is 0 Å². The van der Waals surface area contributed by atoms with E-state index in [1.165, 1.54) is 0 Å². The molecule has 6 nitrogen and oxygen atoms in total. The summed E-state index contributed by atoms with van der Waals surface area (Å²) in [5.74, 6) is 0.636. The third-order valence-electron chi connectivity index (χ3n) is 4.68. The van der Waals surface area contributed by atoms with Crippen LogP contribution in [-0.2, 0) is 13.1 Å². The first-order chi connectivity index (χ1) is 15.4. The van der Waals surface area contributed by atoms with Crippen molar-refractivity contribution >= 4 is 63.6 Å². The first-order valence-electron chi connectivity index (χ1n) is 9.69. The standard InChI is InChI=1S/C22H19Cl3N6S/c1-14-7-21(29-31(14)12-16-5-6-18(24)9-20(16)25)28-22(32)27-19-10-26-30(13-19)11-15-3-2-4-17(23)8-15/h2-10,13H,11-12H2,1H3,(H2,27,28,29,32). The zero-order valence-electron chi connectivity index (χ0n) is 17.0. The average molecular weight is 506 g/mol. The Balaban J connectivity index is 1.36. The van der Waals surface area contributed by atoms with Crippen LogP contribution in [0.15, 0.2) is 60.9 Å². The largest absolute Gasteiger partial charge is 0.330 e. The van der Waals surface area contributed by atoms with Crippen molar-refractivity contribution in [3.63, 3.8) is 0 Å². The maximum Gasteiger partial charge on any atom is 0.176 e. The molecule has 10 heteroatoms. The molecular formula is C22H19Cl3N6S. The monoisotopic (exact) mass is 504 g/mol. The van der Waals surface area contributed by atoms with E-state index < -0.39 is 0 Å². The summed E-state index contributed by atoms with van der Waals surface area (Å²) in [6.45, 7) is 3.11. The number of hydrogen-bond donors (Lipinski definition) is 2. The van der Waals surface area contributed by atoms with E-state index in [1.807, 2.05) is 64.9 Å². The molecule has 0 fully saturated rings. The number of rotatable bonds is 6. The van der Waals surface area contributed by atoms with Crippen molar-refractivity contribution in [1.82, 2.24) is 19.6 Å². The van der Waals surface area contributed by atoms with Gasteiger partial charge >= 0.3 is 0 Å². The van der Waals surface area contributed by atoms with Gasteiger partial charge in [-0.25, -0.2) is 0 Å². The fourth-order valence-electron chi connectivity index (χ4n) is 3.16. The zero-order valence-corrected chi connectivity index (χ0v) is 20.1. The molecule has 0 bridgehead atoms. The van der Waals surface area contributed by atoms with Gasteiger partial charge in [0.1, 0.15) is 0 Å². The Morgan fingerprint density at radius 1 is 1.00 bits per heavy atom. The summed E-state index contributed by atoms with van der Waals surface area (Å²) in [5, 5.41) is 17.5. The van der Waals surface area contributed by atoms with Crippen molar-refractivity contribution in [2.24, 2.45) is 0 Å². The number of anilines is 2. The number of aryl methyl sites for hydroxylation is 1. The molecule has 0 aliphatic rings. The van der Waals surface area contributed by atoms with Gasteiger partial charge < -0.3 is 10.6 Å². The SMILES string of the molecule is Cc1cc(NC(=S)Nc2cnn(Cc3cccc(Cl)c3)c2)nn1Cc1ccc(Cl)cc1Cl. The van der Waals surface area contributed by atoms with E-state index in [0.717, 1.165) is 22.5 Å². The Labute approximate surface area is 206 Å². The molecule has 0 atom stereocenters. The number of hydrogen-bond acceptors (Lipinski definition) is 3. The molecule has 0 amide bonds. The van der Waals surface area contributed by atoms with E-state index in [1.54, 1.807) is 12.3 Å². The van der Waals surface area contributed by atoms with Gasteiger partial charge in [-0.1, -0.05) is 53.0 Å². The summed E-state index contributed by atoms with van der Waals surface area (Å²) >= 11 is 23.7. The summed E-state index contributed by atoms with van der Waals surface area (Å²) in [7, 11) is 0. The molecule has 0 aliphatic heterocycles. The highest BCUT2D eigenvalue weighted by Gasteiger charge is 2.10. The second-order valence-corrected chi connectivity index (χ2v) is 8.89. The van der Waals surface area contributed by atoms with Crippen LogP contribution in [-0.4, -0.2) is 24.7 Å². The minimum atomic E-state index is 0.418. The highest BCUT2D eigenvalue weighted by Crippen LogP contribution is 2.22. The zero-order chi connectivity index (χ0) is 22.7. The van der Waals surface area contributed by atoms with E-state index in [2.05, 4.69) is 20.8 Å². The molecule has 0 spiro atoms. The number of benzene rings is 2. The fourth-order valence-corrected chi connectivity index (χ4v) is 4.06. The third kappa shape index (κ3) is 5.81. The van der Waals surface area contributed by atoms with Crippen LogP contribution in [0.2, 0.25) is 15.1 Å². The lowest BCUT2D eigenvalue weighted by atomic mass is 10.2. The predicted octanol–water partition coefficient (Wildman–Crippen LogP) is 6.25. The third-order valence-corrected chi connectivity index (χ3v) is 5.71. The van der Waals surface area contributed by atoms with Gasteiger partial charge in [-0.05, 0) is 54.5 Å². The van der Waals surface area contributed by atoms with Crippen molar-refractivity contribution in [3.05, 3.63) is 92.8 Å². The van der Waals surface area contributed by atoms with Gasteiger partial charge in [0.15, 0.2) is 10.9 Å². The van der Waals surface area contributed by atoms with Gasteiger partial charge in [-0.2, -0.15) is 10.2 Å². The lowest BCUT2D eigenvalue weighted by Crippen LogP contribution is -2.19. The Bertz CT molecular complexity index is 1270. The van der Waals surface area contributed by atoms with Crippen LogP contribution < -0.4 is 10.6 Å². The van der Waals surface area contributed by atoms with E-state index in [4.69, 9.17) is 47.0 Å². The quantitative estimate of drug-likeness (QED) is 0.303. The van der Waals surface area contributed by atoms with Crippen LogP contribution in [0.5, 0.6) is 0 Å². The Morgan fingerprint density at radius 3 is 2.59 bits per heavy atom. The molecule has 2 heterocycles. The molecule has 0 radical (unpaired) electrons. The lowest BCUT2D eigenvalue weighted by Gasteiger charge is -2.08. The van der Waals surface area contributed by atoms with Crippen LogP contribution in [0.1, 0.15) is 16.8 Å². The summed E-state index contributed by atoms with van der Waals surface area (Å²) in [5.41, 5.74) is 3.74. The molecule has 0 unspecified atom stereocenters. The minimum absolute atomic E-state index is 0.418. The van der Waals surface area contributed by atoms with Crippen LogP contribution >= 0.6 is 47.0 Å². The molecule has 4 aromatic rings. The minimum Gasteiger partial charge on any atom is -0.330 e. The maximum absolute atomic E-state index is 6.29.